The summed E-state index contributed by atoms with van der Waals surface area (Å²) < 4.78 is 26.7. The third-order valence-corrected chi connectivity index (χ3v) is 4.05. The standard InChI is InChI=1S/C17H17F2N3O2/c1-9-5-15(21-10(2)20-9)17(24)22-8-12(23)7-16(22)11-3-4-13(18)14(19)6-11/h3-6,12,16,23H,7-8H2,1-2H3/t12-,16+/m1/s1. The molecule has 1 aromatic carbocycles. The number of hydrogen-bond donors (Lipinski definition) is 1. The van der Waals surface area contributed by atoms with Gasteiger partial charge in [-0.3, -0.25) is 4.79 Å². The highest BCUT2D eigenvalue weighted by molar-refractivity contribution is 5.93. The minimum Gasteiger partial charge on any atom is -0.391 e. The lowest BCUT2D eigenvalue weighted by Crippen LogP contribution is -2.32. The molecule has 2 heterocycles. The highest BCUT2D eigenvalue weighted by Crippen LogP contribution is 2.33. The van der Waals surface area contributed by atoms with Crippen LogP contribution in [0.3, 0.4) is 0 Å². The number of rotatable bonds is 2. The van der Waals surface area contributed by atoms with Crippen LogP contribution >= 0.6 is 0 Å². The summed E-state index contributed by atoms with van der Waals surface area (Å²) in [6, 6.07) is 4.56. The Labute approximate surface area is 138 Å². The fourth-order valence-corrected chi connectivity index (χ4v) is 3.05. The largest absolute Gasteiger partial charge is 0.391 e. The summed E-state index contributed by atoms with van der Waals surface area (Å²) >= 11 is 0. The molecule has 0 saturated carbocycles. The number of halogens is 2. The van der Waals surface area contributed by atoms with E-state index in [0.29, 0.717) is 17.1 Å². The number of aromatic nitrogens is 2. The normalized spacial score (nSPS) is 20.5. The zero-order valence-corrected chi connectivity index (χ0v) is 13.3. The van der Waals surface area contributed by atoms with Crippen LogP contribution in [0.15, 0.2) is 24.3 Å². The molecule has 1 amide bonds. The van der Waals surface area contributed by atoms with Crippen molar-refractivity contribution in [1.29, 1.82) is 0 Å². The van der Waals surface area contributed by atoms with Gasteiger partial charge in [0.25, 0.3) is 5.91 Å². The van der Waals surface area contributed by atoms with Crippen molar-refractivity contribution in [3.8, 4) is 0 Å². The number of benzene rings is 1. The molecular formula is C17H17F2N3O2. The van der Waals surface area contributed by atoms with Gasteiger partial charge in [-0.2, -0.15) is 0 Å². The third kappa shape index (κ3) is 3.12. The maximum absolute atomic E-state index is 13.5. The number of β-amino-alcohol motifs (C(OH)–C–C–N with tert-alkyl or cyclic N) is 1. The van der Waals surface area contributed by atoms with Gasteiger partial charge in [0, 0.05) is 12.2 Å². The molecule has 1 fully saturated rings. The minimum absolute atomic E-state index is 0.116. The average molecular weight is 333 g/mol. The minimum atomic E-state index is -0.977. The second-order valence-corrected chi connectivity index (χ2v) is 5.98. The summed E-state index contributed by atoms with van der Waals surface area (Å²) in [5, 5.41) is 9.97. The topological polar surface area (TPSA) is 66.3 Å². The molecule has 0 spiro atoms. The molecule has 24 heavy (non-hydrogen) atoms. The van der Waals surface area contributed by atoms with Gasteiger partial charge in [-0.15, -0.1) is 0 Å². The molecule has 7 heteroatoms. The van der Waals surface area contributed by atoms with E-state index in [1.54, 1.807) is 19.9 Å². The van der Waals surface area contributed by atoms with Crippen molar-refractivity contribution >= 4 is 5.91 Å². The van der Waals surface area contributed by atoms with Crippen molar-refractivity contribution in [3.05, 3.63) is 58.7 Å². The summed E-state index contributed by atoms with van der Waals surface area (Å²) in [6.07, 6.45) is -0.462. The smallest absolute Gasteiger partial charge is 0.273 e. The fourth-order valence-electron chi connectivity index (χ4n) is 3.05. The summed E-state index contributed by atoms with van der Waals surface area (Å²) in [7, 11) is 0. The predicted octanol–water partition coefficient (Wildman–Crippen LogP) is 2.32. The number of carbonyl (C=O) groups is 1. The number of amides is 1. The molecule has 5 nitrogen and oxygen atoms in total. The first kappa shape index (κ1) is 16.4. The van der Waals surface area contributed by atoms with Gasteiger partial charge in [-0.1, -0.05) is 6.07 Å². The fraction of sp³-hybridized carbons (Fsp3) is 0.353. The van der Waals surface area contributed by atoms with Gasteiger partial charge in [0.1, 0.15) is 11.5 Å². The Kier molecular flexibility index (Phi) is 4.28. The van der Waals surface area contributed by atoms with Crippen molar-refractivity contribution in [1.82, 2.24) is 14.9 Å². The summed E-state index contributed by atoms with van der Waals surface area (Å²) in [5.74, 6) is -1.82. The van der Waals surface area contributed by atoms with Crippen LogP contribution in [-0.4, -0.2) is 38.5 Å². The summed E-state index contributed by atoms with van der Waals surface area (Å²) in [4.78, 5) is 22.5. The van der Waals surface area contributed by atoms with E-state index in [0.717, 1.165) is 12.1 Å². The molecule has 0 bridgehead atoms. The van der Waals surface area contributed by atoms with E-state index in [1.165, 1.54) is 11.0 Å². The van der Waals surface area contributed by atoms with E-state index in [-0.39, 0.29) is 24.6 Å². The molecule has 1 aliphatic rings. The number of aliphatic hydroxyl groups is 1. The van der Waals surface area contributed by atoms with E-state index in [1.807, 2.05) is 0 Å². The van der Waals surface area contributed by atoms with E-state index in [4.69, 9.17) is 0 Å². The molecule has 0 aliphatic carbocycles. The monoisotopic (exact) mass is 333 g/mol. The van der Waals surface area contributed by atoms with Crippen LogP contribution < -0.4 is 0 Å². The van der Waals surface area contributed by atoms with Crippen LogP contribution in [0.5, 0.6) is 0 Å². The van der Waals surface area contributed by atoms with Gasteiger partial charge in [0.15, 0.2) is 11.6 Å². The Bertz CT molecular complexity index is 777. The van der Waals surface area contributed by atoms with E-state index in [9.17, 15) is 18.7 Å². The first-order chi connectivity index (χ1) is 11.3. The third-order valence-electron chi connectivity index (χ3n) is 4.05. The van der Waals surface area contributed by atoms with E-state index < -0.39 is 23.8 Å². The van der Waals surface area contributed by atoms with Crippen LogP contribution in [0.2, 0.25) is 0 Å². The van der Waals surface area contributed by atoms with Crippen LogP contribution in [0.25, 0.3) is 0 Å². The van der Waals surface area contributed by atoms with Crippen LogP contribution in [0.1, 0.15) is 40.0 Å². The van der Waals surface area contributed by atoms with Gasteiger partial charge in [0.2, 0.25) is 0 Å². The molecule has 1 N–H and O–H groups in total. The lowest BCUT2D eigenvalue weighted by molar-refractivity contribution is 0.0709. The summed E-state index contributed by atoms with van der Waals surface area (Å²) in [6.45, 7) is 3.57. The molecule has 2 atom stereocenters. The highest BCUT2D eigenvalue weighted by Gasteiger charge is 2.36. The molecule has 1 aliphatic heterocycles. The Morgan fingerprint density at radius 3 is 2.62 bits per heavy atom. The zero-order valence-electron chi connectivity index (χ0n) is 13.3. The number of aryl methyl sites for hydroxylation is 2. The molecule has 2 aromatic rings. The van der Waals surface area contributed by atoms with Gasteiger partial charge >= 0.3 is 0 Å². The summed E-state index contributed by atoms with van der Waals surface area (Å²) in [5.41, 5.74) is 1.33. The van der Waals surface area contributed by atoms with Crippen molar-refractivity contribution in [2.75, 3.05) is 6.54 Å². The number of aliphatic hydroxyl groups excluding tert-OH is 1. The number of carbonyl (C=O) groups excluding carboxylic acids is 1. The number of nitrogens with zero attached hydrogens (tertiary/aromatic N) is 3. The van der Waals surface area contributed by atoms with E-state index >= 15 is 0 Å². The zero-order chi connectivity index (χ0) is 17.4. The quantitative estimate of drug-likeness (QED) is 0.916. The SMILES string of the molecule is Cc1cc(C(=O)N2C[C@H](O)C[C@H]2c2ccc(F)c(F)c2)nc(C)n1. The maximum Gasteiger partial charge on any atom is 0.273 e. The molecule has 126 valence electrons. The number of hydrogen-bond acceptors (Lipinski definition) is 4. The molecule has 1 aromatic heterocycles. The van der Waals surface area contributed by atoms with Gasteiger partial charge < -0.3 is 10.0 Å². The Morgan fingerprint density at radius 1 is 1.21 bits per heavy atom. The molecule has 1 saturated heterocycles. The molecular weight excluding hydrogens is 316 g/mol. The highest BCUT2D eigenvalue weighted by atomic mass is 19.2. The van der Waals surface area contributed by atoms with Crippen LogP contribution in [0, 0.1) is 25.5 Å². The maximum atomic E-state index is 13.5. The lowest BCUT2D eigenvalue weighted by Gasteiger charge is -2.24. The predicted molar refractivity (Wildman–Crippen MR) is 82.3 cm³/mol. The van der Waals surface area contributed by atoms with Crippen molar-refractivity contribution < 1.29 is 18.7 Å². The molecule has 0 unspecified atom stereocenters. The first-order valence-electron chi connectivity index (χ1n) is 7.61. The van der Waals surface area contributed by atoms with Crippen LogP contribution in [-0.2, 0) is 0 Å². The van der Waals surface area contributed by atoms with Gasteiger partial charge in [-0.05, 0) is 44.0 Å². The Morgan fingerprint density at radius 2 is 1.96 bits per heavy atom. The Balaban J connectivity index is 1.95. The molecule has 0 radical (unpaired) electrons. The number of likely N-dealkylation sites (tertiary alicyclic amines) is 1. The second-order valence-electron chi connectivity index (χ2n) is 5.98. The van der Waals surface area contributed by atoms with Crippen LogP contribution in [0.4, 0.5) is 8.78 Å². The second kappa shape index (κ2) is 6.24. The van der Waals surface area contributed by atoms with Crippen molar-refractivity contribution in [3.63, 3.8) is 0 Å². The first-order valence-corrected chi connectivity index (χ1v) is 7.61. The van der Waals surface area contributed by atoms with Crippen molar-refractivity contribution in [2.24, 2.45) is 0 Å². The van der Waals surface area contributed by atoms with Crippen molar-refractivity contribution in [2.45, 2.75) is 32.4 Å². The molecule has 3 rings (SSSR count). The average Bonchev–Trinajstić information content (AvgIpc) is 2.90. The van der Waals surface area contributed by atoms with Gasteiger partial charge in [-0.25, -0.2) is 18.7 Å². The van der Waals surface area contributed by atoms with Gasteiger partial charge in [0.05, 0.1) is 12.1 Å². The Hall–Kier alpha value is -2.41. The lowest BCUT2D eigenvalue weighted by atomic mass is 10.0. The van der Waals surface area contributed by atoms with E-state index in [2.05, 4.69) is 9.97 Å².